The Morgan fingerprint density at radius 2 is 2.00 bits per heavy atom. The maximum Gasteiger partial charge on any atom is 0.416 e. The van der Waals surface area contributed by atoms with E-state index in [0.29, 0.717) is 6.54 Å². The molecule has 118 valence electrons. The lowest BCUT2D eigenvalue weighted by Crippen LogP contribution is -2.40. The molecule has 1 fully saturated rings. The minimum absolute atomic E-state index is 0.00897. The summed E-state index contributed by atoms with van der Waals surface area (Å²) in [6.07, 6.45) is -5.09. The Balaban J connectivity index is 1.82. The summed E-state index contributed by atoms with van der Waals surface area (Å²) in [5.74, 6) is 2.21. The van der Waals surface area contributed by atoms with Gasteiger partial charge in [-0.15, -0.1) is 0 Å². The second-order valence-corrected chi connectivity index (χ2v) is 6.13. The highest BCUT2D eigenvalue weighted by atomic mass is 32.2. The molecule has 1 N–H and O–H groups in total. The van der Waals surface area contributed by atoms with Gasteiger partial charge in [-0.05, 0) is 18.2 Å². The fraction of sp³-hybridized carbons (Fsp3) is 0.571. The summed E-state index contributed by atoms with van der Waals surface area (Å²) >= 11 is 1.88. The van der Waals surface area contributed by atoms with E-state index in [1.54, 1.807) is 0 Å². The number of benzene rings is 1. The van der Waals surface area contributed by atoms with Gasteiger partial charge < -0.3 is 9.84 Å². The summed E-state index contributed by atoms with van der Waals surface area (Å²) in [5.41, 5.74) is -0.748. The number of alkyl halides is 3. The third kappa shape index (κ3) is 5.41. The highest BCUT2D eigenvalue weighted by Crippen LogP contribution is 2.31. The average Bonchev–Trinajstić information content (AvgIpc) is 2.46. The first kappa shape index (κ1) is 16.5. The molecule has 1 aromatic carbocycles. The van der Waals surface area contributed by atoms with Gasteiger partial charge in [-0.1, -0.05) is 6.07 Å². The SMILES string of the molecule is OC(COc1cccc(C(F)(F)F)c1)CN1CCSCC1. The van der Waals surface area contributed by atoms with Crippen LogP contribution in [0.3, 0.4) is 0 Å². The Kier molecular flexibility index (Phi) is 5.78. The third-order valence-electron chi connectivity index (χ3n) is 3.18. The fourth-order valence-electron chi connectivity index (χ4n) is 2.09. The van der Waals surface area contributed by atoms with Gasteiger partial charge in [-0.2, -0.15) is 24.9 Å². The van der Waals surface area contributed by atoms with Crippen LogP contribution in [0.15, 0.2) is 24.3 Å². The summed E-state index contributed by atoms with van der Waals surface area (Å²) in [7, 11) is 0. The zero-order valence-electron chi connectivity index (χ0n) is 11.5. The predicted octanol–water partition coefficient (Wildman–Crippen LogP) is 2.49. The van der Waals surface area contributed by atoms with Gasteiger partial charge in [0.1, 0.15) is 18.5 Å². The van der Waals surface area contributed by atoms with Crippen molar-refractivity contribution in [3.63, 3.8) is 0 Å². The number of nitrogens with zero attached hydrogens (tertiary/aromatic N) is 1. The van der Waals surface area contributed by atoms with E-state index >= 15 is 0 Å². The van der Waals surface area contributed by atoms with Crippen LogP contribution in [0.1, 0.15) is 5.56 Å². The average molecular weight is 321 g/mol. The van der Waals surface area contributed by atoms with Crippen molar-refractivity contribution >= 4 is 11.8 Å². The summed E-state index contributed by atoms with van der Waals surface area (Å²) in [6.45, 7) is 2.32. The Bertz CT molecular complexity index is 450. The molecule has 3 nitrogen and oxygen atoms in total. The lowest BCUT2D eigenvalue weighted by Gasteiger charge is -2.28. The minimum atomic E-state index is -4.39. The van der Waals surface area contributed by atoms with Gasteiger partial charge in [-0.3, -0.25) is 4.90 Å². The highest BCUT2D eigenvalue weighted by Gasteiger charge is 2.30. The van der Waals surface area contributed by atoms with Gasteiger partial charge in [0.25, 0.3) is 0 Å². The number of hydrogen-bond donors (Lipinski definition) is 1. The standard InChI is InChI=1S/C14H18F3NO2S/c15-14(16,17)11-2-1-3-13(8-11)20-10-12(19)9-18-4-6-21-7-5-18/h1-3,8,12,19H,4-7,9-10H2. The monoisotopic (exact) mass is 321 g/mol. The van der Waals surface area contributed by atoms with Crippen LogP contribution >= 0.6 is 11.8 Å². The van der Waals surface area contributed by atoms with Crippen molar-refractivity contribution in [3.8, 4) is 5.75 Å². The van der Waals surface area contributed by atoms with Crippen LogP contribution in [0.25, 0.3) is 0 Å². The molecule has 1 atom stereocenters. The van der Waals surface area contributed by atoms with Crippen molar-refractivity contribution in [1.29, 1.82) is 0 Å². The molecule has 0 spiro atoms. The van der Waals surface area contributed by atoms with E-state index in [2.05, 4.69) is 4.90 Å². The largest absolute Gasteiger partial charge is 0.491 e. The molecule has 0 amide bonds. The Hall–Kier alpha value is -0.920. The topological polar surface area (TPSA) is 32.7 Å². The first-order chi connectivity index (χ1) is 9.95. The molecule has 0 saturated carbocycles. The maximum absolute atomic E-state index is 12.6. The van der Waals surface area contributed by atoms with Crippen molar-refractivity contribution in [2.24, 2.45) is 0 Å². The minimum Gasteiger partial charge on any atom is -0.491 e. The molecule has 7 heteroatoms. The molecule has 1 aromatic rings. The number of β-amino-alcohol motifs (C(OH)–C–C–N with tert-alkyl or cyclic N) is 1. The van der Waals surface area contributed by atoms with Crippen LogP contribution in [-0.2, 0) is 6.18 Å². The van der Waals surface area contributed by atoms with Crippen molar-refractivity contribution in [2.45, 2.75) is 12.3 Å². The second kappa shape index (κ2) is 7.38. The number of aliphatic hydroxyl groups is 1. The fourth-order valence-corrected chi connectivity index (χ4v) is 3.07. The summed E-state index contributed by atoms with van der Waals surface area (Å²) in [6, 6.07) is 4.70. The molecule has 0 radical (unpaired) electrons. The van der Waals surface area contributed by atoms with Gasteiger partial charge in [0.05, 0.1) is 5.56 Å². The summed E-state index contributed by atoms with van der Waals surface area (Å²) in [5, 5.41) is 9.90. The lowest BCUT2D eigenvalue weighted by atomic mass is 10.2. The van der Waals surface area contributed by atoms with E-state index in [4.69, 9.17) is 4.74 Å². The molecular weight excluding hydrogens is 303 g/mol. The van der Waals surface area contributed by atoms with Gasteiger partial charge in [0, 0.05) is 31.1 Å². The van der Waals surface area contributed by atoms with Crippen LogP contribution in [-0.4, -0.2) is 53.9 Å². The molecule has 0 bridgehead atoms. The van der Waals surface area contributed by atoms with Crippen LogP contribution in [0.2, 0.25) is 0 Å². The smallest absolute Gasteiger partial charge is 0.416 e. The number of halogens is 3. The molecule has 1 heterocycles. The van der Waals surface area contributed by atoms with E-state index in [0.717, 1.165) is 36.7 Å². The van der Waals surface area contributed by atoms with Gasteiger partial charge in [-0.25, -0.2) is 0 Å². The van der Waals surface area contributed by atoms with E-state index in [1.165, 1.54) is 12.1 Å². The molecule has 1 aliphatic rings. The Labute approximate surface area is 126 Å². The van der Waals surface area contributed by atoms with Crippen molar-refractivity contribution in [2.75, 3.05) is 37.7 Å². The molecule has 1 aliphatic heterocycles. The van der Waals surface area contributed by atoms with E-state index in [-0.39, 0.29) is 12.4 Å². The van der Waals surface area contributed by atoms with Crippen molar-refractivity contribution in [3.05, 3.63) is 29.8 Å². The number of ether oxygens (including phenoxy) is 1. The van der Waals surface area contributed by atoms with Crippen LogP contribution in [0.4, 0.5) is 13.2 Å². The van der Waals surface area contributed by atoms with Gasteiger partial charge >= 0.3 is 6.18 Å². The molecule has 2 rings (SSSR count). The van der Waals surface area contributed by atoms with Gasteiger partial charge in [0.15, 0.2) is 0 Å². The Morgan fingerprint density at radius 1 is 1.29 bits per heavy atom. The van der Waals surface area contributed by atoms with Crippen molar-refractivity contribution < 1.29 is 23.0 Å². The molecular formula is C14H18F3NO2S. The summed E-state index contributed by atoms with van der Waals surface area (Å²) < 4.78 is 42.9. The quantitative estimate of drug-likeness (QED) is 0.903. The highest BCUT2D eigenvalue weighted by molar-refractivity contribution is 7.99. The number of rotatable bonds is 5. The number of aliphatic hydroxyl groups excluding tert-OH is 1. The van der Waals surface area contributed by atoms with Crippen LogP contribution in [0.5, 0.6) is 5.75 Å². The Morgan fingerprint density at radius 3 is 2.67 bits per heavy atom. The predicted molar refractivity (Wildman–Crippen MR) is 76.7 cm³/mol. The van der Waals surface area contributed by atoms with Crippen LogP contribution < -0.4 is 4.74 Å². The zero-order chi connectivity index (χ0) is 15.3. The van der Waals surface area contributed by atoms with E-state index in [1.807, 2.05) is 11.8 Å². The second-order valence-electron chi connectivity index (χ2n) is 4.90. The molecule has 0 aromatic heterocycles. The van der Waals surface area contributed by atoms with E-state index < -0.39 is 17.8 Å². The molecule has 1 saturated heterocycles. The summed E-state index contributed by atoms with van der Waals surface area (Å²) in [4.78, 5) is 2.14. The van der Waals surface area contributed by atoms with Crippen LogP contribution in [0, 0.1) is 0 Å². The normalized spacial score (nSPS) is 18.5. The first-order valence-electron chi connectivity index (χ1n) is 6.73. The molecule has 1 unspecified atom stereocenters. The molecule has 0 aliphatic carbocycles. The third-order valence-corrected chi connectivity index (χ3v) is 4.12. The number of hydrogen-bond acceptors (Lipinski definition) is 4. The molecule has 21 heavy (non-hydrogen) atoms. The van der Waals surface area contributed by atoms with Crippen molar-refractivity contribution in [1.82, 2.24) is 4.90 Å². The maximum atomic E-state index is 12.6. The van der Waals surface area contributed by atoms with E-state index in [9.17, 15) is 18.3 Å². The lowest BCUT2D eigenvalue weighted by molar-refractivity contribution is -0.137. The zero-order valence-corrected chi connectivity index (χ0v) is 12.3. The van der Waals surface area contributed by atoms with Gasteiger partial charge in [0.2, 0.25) is 0 Å². The first-order valence-corrected chi connectivity index (χ1v) is 7.89. The number of thioether (sulfide) groups is 1.